The van der Waals surface area contributed by atoms with Gasteiger partial charge in [0.05, 0.1) is 5.92 Å². The largest absolute Gasteiger partial charge is 0.480 e. The van der Waals surface area contributed by atoms with Crippen molar-refractivity contribution in [2.45, 2.75) is 50.5 Å². The number of carbonyl (C=O) groups excluding carboxylic acids is 2. The van der Waals surface area contributed by atoms with Gasteiger partial charge in [0.25, 0.3) is 0 Å². The van der Waals surface area contributed by atoms with Crippen LogP contribution in [0.3, 0.4) is 0 Å². The zero-order valence-corrected chi connectivity index (χ0v) is 19.7. The molecule has 0 radical (unpaired) electrons. The lowest BCUT2D eigenvalue weighted by Crippen LogP contribution is -2.49. The van der Waals surface area contributed by atoms with Crippen molar-refractivity contribution in [1.82, 2.24) is 10.6 Å². The Bertz CT molecular complexity index is 1060. The van der Waals surface area contributed by atoms with Gasteiger partial charge in [0.1, 0.15) is 12.6 Å². The number of ether oxygens (including phenoxy) is 1. The maximum Gasteiger partial charge on any atom is 0.407 e. The van der Waals surface area contributed by atoms with E-state index < -0.39 is 24.0 Å². The summed E-state index contributed by atoms with van der Waals surface area (Å²) in [5.74, 6) is -1.23. The van der Waals surface area contributed by atoms with Crippen molar-refractivity contribution >= 4 is 18.0 Å². The van der Waals surface area contributed by atoms with Crippen molar-refractivity contribution in [3.63, 3.8) is 0 Å². The zero-order chi connectivity index (χ0) is 24.4. The normalized spacial score (nSPS) is 18.5. The first kappa shape index (κ1) is 23.4. The van der Waals surface area contributed by atoms with Gasteiger partial charge < -0.3 is 20.5 Å². The number of alkyl carbamates (subject to hydrolysis) is 1. The van der Waals surface area contributed by atoms with Gasteiger partial charge in [-0.25, -0.2) is 9.59 Å². The van der Waals surface area contributed by atoms with Crippen molar-refractivity contribution in [2.75, 3.05) is 13.2 Å². The van der Waals surface area contributed by atoms with Crippen molar-refractivity contribution in [1.29, 1.82) is 0 Å². The van der Waals surface area contributed by atoms with Gasteiger partial charge in [0.2, 0.25) is 5.91 Å². The van der Waals surface area contributed by atoms with Crippen LogP contribution in [0, 0.1) is 17.8 Å². The first-order valence-corrected chi connectivity index (χ1v) is 12.6. The van der Waals surface area contributed by atoms with E-state index in [4.69, 9.17) is 4.74 Å². The minimum Gasteiger partial charge on any atom is -0.480 e. The summed E-state index contributed by atoms with van der Waals surface area (Å²) in [7, 11) is 0. The molecule has 0 heterocycles. The lowest BCUT2D eigenvalue weighted by atomic mass is 9.75. The van der Waals surface area contributed by atoms with E-state index in [1.807, 2.05) is 24.3 Å². The number of hydrogen-bond donors (Lipinski definition) is 3. The molecule has 2 atom stereocenters. The SMILES string of the molecule is O=C(NCC(C(=O)N[C@@H](CC1CC1)C(=O)O)C1CCC1)OCC1c2ccccc2-c2ccccc21. The molecule has 2 amide bonds. The number of nitrogens with one attached hydrogen (secondary N) is 2. The molecule has 7 nitrogen and oxygen atoms in total. The minimum absolute atomic E-state index is 0.0300. The summed E-state index contributed by atoms with van der Waals surface area (Å²) in [6, 6.07) is 15.4. The van der Waals surface area contributed by atoms with Crippen LogP contribution in [0.4, 0.5) is 4.79 Å². The van der Waals surface area contributed by atoms with Crippen LogP contribution >= 0.6 is 0 Å². The third-order valence-corrected chi connectivity index (χ3v) is 7.75. The molecule has 3 N–H and O–H groups in total. The van der Waals surface area contributed by atoms with Crippen LogP contribution in [0.2, 0.25) is 0 Å². The molecule has 184 valence electrons. The van der Waals surface area contributed by atoms with Crippen LogP contribution in [0.1, 0.15) is 55.6 Å². The predicted octanol–water partition coefficient (Wildman–Crippen LogP) is 4.31. The average Bonchev–Trinajstić information content (AvgIpc) is 3.59. The van der Waals surface area contributed by atoms with E-state index in [1.54, 1.807) is 0 Å². The van der Waals surface area contributed by atoms with Crippen LogP contribution in [0.5, 0.6) is 0 Å². The fourth-order valence-corrected chi connectivity index (χ4v) is 5.35. The van der Waals surface area contributed by atoms with Crippen LogP contribution in [-0.2, 0) is 14.3 Å². The number of fused-ring (bicyclic) bond motifs is 3. The monoisotopic (exact) mass is 476 g/mol. The summed E-state index contributed by atoms with van der Waals surface area (Å²) in [4.78, 5) is 37.2. The van der Waals surface area contributed by atoms with Gasteiger partial charge in [0.15, 0.2) is 0 Å². The van der Waals surface area contributed by atoms with Gasteiger partial charge in [0, 0.05) is 12.5 Å². The number of aliphatic carboxylic acids is 1. The fourth-order valence-electron chi connectivity index (χ4n) is 5.35. The Morgan fingerprint density at radius 1 is 0.943 bits per heavy atom. The Balaban J connectivity index is 1.18. The minimum atomic E-state index is -0.998. The molecule has 2 aromatic rings. The third kappa shape index (κ3) is 5.19. The summed E-state index contributed by atoms with van der Waals surface area (Å²) in [6.07, 6.45) is 4.82. The standard InChI is InChI=1S/C28H32N2O5/c31-26(30-25(27(32)33)14-17-12-13-17)23(18-6-5-7-18)15-29-28(34)35-16-24-21-10-3-1-8-19(21)20-9-2-4-11-22(20)24/h1-4,8-11,17-18,23-25H,5-7,12-16H2,(H,29,34)(H,30,31)(H,32,33)/t23?,25-/m0/s1. The predicted molar refractivity (Wildman–Crippen MR) is 131 cm³/mol. The summed E-state index contributed by atoms with van der Waals surface area (Å²) in [5, 5.41) is 15.0. The van der Waals surface area contributed by atoms with Gasteiger partial charge in [-0.1, -0.05) is 67.8 Å². The number of carbonyl (C=O) groups is 3. The molecule has 2 aromatic carbocycles. The van der Waals surface area contributed by atoms with Crippen molar-refractivity contribution in [2.24, 2.45) is 17.8 Å². The summed E-state index contributed by atoms with van der Waals surface area (Å²) < 4.78 is 5.61. The van der Waals surface area contributed by atoms with Crippen LogP contribution in [0.25, 0.3) is 11.1 Å². The van der Waals surface area contributed by atoms with Crippen molar-refractivity contribution in [3.8, 4) is 11.1 Å². The van der Waals surface area contributed by atoms with E-state index in [2.05, 4.69) is 34.9 Å². The fraction of sp³-hybridized carbons (Fsp3) is 0.464. The highest BCUT2D eigenvalue weighted by Crippen LogP contribution is 2.44. The molecule has 0 bridgehead atoms. The molecule has 1 unspecified atom stereocenters. The van der Waals surface area contributed by atoms with Gasteiger partial charge in [-0.3, -0.25) is 4.79 Å². The van der Waals surface area contributed by atoms with E-state index in [1.165, 1.54) is 0 Å². The Hall–Kier alpha value is -3.35. The molecular formula is C28H32N2O5. The summed E-state index contributed by atoms with van der Waals surface area (Å²) >= 11 is 0. The topological polar surface area (TPSA) is 105 Å². The molecule has 0 spiro atoms. The first-order valence-electron chi connectivity index (χ1n) is 12.6. The van der Waals surface area contributed by atoms with Crippen molar-refractivity contribution < 1.29 is 24.2 Å². The van der Waals surface area contributed by atoms with Gasteiger partial charge in [-0.05, 0) is 53.4 Å². The third-order valence-electron chi connectivity index (χ3n) is 7.75. The lowest BCUT2D eigenvalue weighted by molar-refractivity contribution is -0.143. The highest BCUT2D eigenvalue weighted by Gasteiger charge is 2.37. The molecule has 2 fully saturated rings. The zero-order valence-electron chi connectivity index (χ0n) is 19.7. The number of rotatable bonds is 10. The summed E-state index contributed by atoms with van der Waals surface area (Å²) in [5.41, 5.74) is 4.61. The second-order valence-electron chi connectivity index (χ2n) is 10.1. The van der Waals surface area contributed by atoms with Gasteiger partial charge in [-0.15, -0.1) is 0 Å². The number of hydrogen-bond acceptors (Lipinski definition) is 4. The Morgan fingerprint density at radius 3 is 2.11 bits per heavy atom. The van der Waals surface area contributed by atoms with E-state index in [9.17, 15) is 19.5 Å². The van der Waals surface area contributed by atoms with Gasteiger partial charge >= 0.3 is 12.1 Å². The van der Waals surface area contributed by atoms with E-state index in [0.717, 1.165) is 54.4 Å². The quantitative estimate of drug-likeness (QED) is 0.474. The van der Waals surface area contributed by atoms with Gasteiger partial charge in [-0.2, -0.15) is 0 Å². The van der Waals surface area contributed by atoms with Crippen molar-refractivity contribution in [3.05, 3.63) is 59.7 Å². The van der Waals surface area contributed by atoms with E-state index in [0.29, 0.717) is 12.3 Å². The molecule has 5 rings (SSSR count). The van der Waals surface area contributed by atoms with E-state index in [-0.39, 0.29) is 30.9 Å². The second-order valence-corrected chi connectivity index (χ2v) is 10.1. The molecular weight excluding hydrogens is 444 g/mol. The van der Waals surface area contributed by atoms with Crippen LogP contribution in [0.15, 0.2) is 48.5 Å². The summed E-state index contributed by atoms with van der Waals surface area (Å²) in [6.45, 7) is 0.353. The molecule has 35 heavy (non-hydrogen) atoms. The number of benzene rings is 2. The highest BCUT2D eigenvalue weighted by atomic mass is 16.5. The number of carboxylic acid groups (broad SMARTS) is 1. The molecule has 0 aromatic heterocycles. The number of carboxylic acids is 1. The maximum atomic E-state index is 13.0. The molecule has 3 aliphatic carbocycles. The Morgan fingerprint density at radius 2 is 1.57 bits per heavy atom. The average molecular weight is 477 g/mol. The smallest absolute Gasteiger partial charge is 0.407 e. The molecule has 2 saturated carbocycles. The second kappa shape index (κ2) is 10.1. The number of amides is 2. The molecule has 3 aliphatic rings. The van der Waals surface area contributed by atoms with E-state index >= 15 is 0 Å². The highest BCUT2D eigenvalue weighted by molar-refractivity contribution is 5.86. The maximum absolute atomic E-state index is 13.0. The lowest BCUT2D eigenvalue weighted by Gasteiger charge is -2.33. The Labute approximate surface area is 205 Å². The Kier molecular flexibility index (Phi) is 6.75. The molecule has 0 saturated heterocycles. The molecule has 7 heteroatoms. The molecule has 0 aliphatic heterocycles. The first-order chi connectivity index (χ1) is 17.0. The van der Waals surface area contributed by atoms with Crippen LogP contribution in [-0.4, -0.2) is 42.3 Å². The van der Waals surface area contributed by atoms with Crippen LogP contribution < -0.4 is 10.6 Å².